The first kappa shape index (κ1) is 21.1. The van der Waals surface area contributed by atoms with Crippen molar-refractivity contribution in [1.29, 1.82) is 0 Å². The van der Waals surface area contributed by atoms with Gasteiger partial charge in [-0.15, -0.1) is 0 Å². The summed E-state index contributed by atoms with van der Waals surface area (Å²) < 4.78 is 29.1. The van der Waals surface area contributed by atoms with Gasteiger partial charge in [0.1, 0.15) is 5.29 Å². The van der Waals surface area contributed by atoms with Crippen LogP contribution in [0.2, 0.25) is 0 Å². The molecule has 0 spiro atoms. The number of methoxy groups -OCH3 is 3. The molecule has 1 unspecified atom stereocenters. The standard InChI is InChI=1S/C15H28NO7P/c1-14(2)15(3,4)23-24(22-14,16(5)6)11(13(18)21-9)10(19-7)12(17)20-8/h10H,1-9H3. The number of esters is 2. The van der Waals surface area contributed by atoms with Crippen LogP contribution < -0.4 is 0 Å². The molecule has 1 fully saturated rings. The maximum atomic E-state index is 12.5. The van der Waals surface area contributed by atoms with E-state index >= 15 is 0 Å². The normalized spacial score (nSPS) is 22.1. The Balaban J connectivity index is 3.81. The van der Waals surface area contributed by atoms with E-state index in [-0.39, 0.29) is 5.29 Å². The lowest BCUT2D eigenvalue weighted by Gasteiger charge is -2.32. The van der Waals surface area contributed by atoms with Crippen LogP contribution in [0.25, 0.3) is 0 Å². The van der Waals surface area contributed by atoms with Gasteiger partial charge >= 0.3 is 11.9 Å². The highest BCUT2D eigenvalue weighted by Crippen LogP contribution is 2.67. The Labute approximate surface area is 143 Å². The van der Waals surface area contributed by atoms with Gasteiger partial charge in [-0.05, 0) is 41.8 Å². The van der Waals surface area contributed by atoms with E-state index in [1.165, 1.54) is 21.3 Å². The molecule has 0 bridgehead atoms. The van der Waals surface area contributed by atoms with Crippen LogP contribution in [-0.4, -0.2) is 74.6 Å². The molecule has 1 aliphatic rings. The topological polar surface area (TPSA) is 83.5 Å². The monoisotopic (exact) mass is 365 g/mol. The molecule has 0 amide bonds. The number of hydrogen-bond acceptors (Lipinski definition) is 8. The van der Waals surface area contributed by atoms with Gasteiger partial charge in [-0.3, -0.25) is 0 Å². The third kappa shape index (κ3) is 3.39. The fourth-order valence-electron chi connectivity index (χ4n) is 2.24. The second kappa shape index (κ2) is 7.14. The smallest absolute Gasteiger partial charge is 0.343 e. The molecular weight excluding hydrogens is 337 g/mol. The maximum Gasteiger partial charge on any atom is 0.343 e. The highest BCUT2D eigenvalue weighted by Gasteiger charge is 2.57. The minimum Gasteiger partial charge on any atom is -0.467 e. The van der Waals surface area contributed by atoms with E-state index in [0.29, 0.717) is 0 Å². The average Bonchev–Trinajstić information content (AvgIpc) is 2.68. The van der Waals surface area contributed by atoms with Crippen LogP contribution >= 0.6 is 7.49 Å². The van der Waals surface area contributed by atoms with E-state index in [0.717, 1.165) is 0 Å². The lowest BCUT2D eigenvalue weighted by Crippen LogP contribution is -2.41. The lowest BCUT2D eigenvalue weighted by atomic mass is 9.90. The van der Waals surface area contributed by atoms with Gasteiger partial charge in [0.05, 0.1) is 25.4 Å². The number of carbonyl (C=O) groups excluding carboxylic acids is 2. The van der Waals surface area contributed by atoms with Crippen molar-refractivity contribution in [3.05, 3.63) is 0 Å². The molecule has 0 aromatic heterocycles. The second-order valence-corrected chi connectivity index (χ2v) is 9.27. The van der Waals surface area contributed by atoms with Crippen LogP contribution in [0.4, 0.5) is 0 Å². The summed E-state index contributed by atoms with van der Waals surface area (Å²) in [5.41, 5.74) is -1.42. The molecule has 24 heavy (non-hydrogen) atoms. The molecule has 1 saturated heterocycles. The fraction of sp³-hybridized carbons (Fsp3) is 0.800. The first-order valence-electron chi connectivity index (χ1n) is 7.45. The van der Waals surface area contributed by atoms with Crippen molar-refractivity contribution in [2.45, 2.75) is 45.0 Å². The summed E-state index contributed by atoms with van der Waals surface area (Å²) in [6.45, 7) is 7.47. The summed E-state index contributed by atoms with van der Waals surface area (Å²) in [4.78, 5) is 24.7. The molecule has 1 aliphatic heterocycles. The van der Waals surface area contributed by atoms with Gasteiger partial charge in [0, 0.05) is 7.11 Å². The summed E-state index contributed by atoms with van der Waals surface area (Å²) in [5, 5.41) is -0.0250. The van der Waals surface area contributed by atoms with Crippen LogP contribution in [0.5, 0.6) is 0 Å². The van der Waals surface area contributed by atoms with Crippen LogP contribution in [0.1, 0.15) is 27.7 Å². The SMILES string of the molecule is COC(=O)C(C(OC)C(=O)OC)=P1(N(C)C)OC(C)(C)C(C)(C)O1. The molecule has 0 saturated carbocycles. The zero-order valence-electron chi connectivity index (χ0n) is 15.8. The first-order valence-corrected chi connectivity index (χ1v) is 9.02. The van der Waals surface area contributed by atoms with Gasteiger partial charge in [-0.25, -0.2) is 14.3 Å². The first-order chi connectivity index (χ1) is 10.9. The molecule has 0 radical (unpaired) electrons. The van der Waals surface area contributed by atoms with Gasteiger partial charge in [-0.1, -0.05) is 0 Å². The van der Waals surface area contributed by atoms with Gasteiger partial charge in [0.2, 0.25) is 7.49 Å². The Kier molecular flexibility index (Phi) is 6.28. The Morgan fingerprint density at radius 2 is 1.42 bits per heavy atom. The minimum absolute atomic E-state index is 0.0250. The van der Waals surface area contributed by atoms with Crippen LogP contribution in [0, 0.1) is 0 Å². The summed E-state index contributed by atoms with van der Waals surface area (Å²) in [5.74, 6) is -1.46. The Bertz CT molecular complexity index is 548. The van der Waals surface area contributed by atoms with Crippen molar-refractivity contribution in [2.75, 3.05) is 35.4 Å². The summed E-state index contributed by atoms with van der Waals surface area (Å²) in [7, 11) is 4.06. The Morgan fingerprint density at radius 1 is 0.958 bits per heavy atom. The third-order valence-electron chi connectivity index (χ3n) is 4.28. The largest absolute Gasteiger partial charge is 0.467 e. The van der Waals surface area contributed by atoms with Crippen molar-refractivity contribution >= 4 is 24.7 Å². The van der Waals surface area contributed by atoms with Crippen molar-refractivity contribution in [2.24, 2.45) is 0 Å². The molecule has 0 aromatic rings. The molecule has 8 nitrogen and oxygen atoms in total. The maximum absolute atomic E-state index is 12.5. The van der Waals surface area contributed by atoms with Crippen molar-refractivity contribution in [3.63, 3.8) is 0 Å². The molecule has 0 N–H and O–H groups in total. The van der Waals surface area contributed by atoms with E-state index in [4.69, 9.17) is 23.3 Å². The Morgan fingerprint density at radius 3 is 1.71 bits per heavy atom. The molecular formula is C15H28NO7P. The molecule has 1 rings (SSSR count). The number of rotatable bonds is 5. The van der Waals surface area contributed by atoms with Crippen LogP contribution in [0.15, 0.2) is 0 Å². The van der Waals surface area contributed by atoms with E-state index < -0.39 is 36.7 Å². The molecule has 0 aliphatic carbocycles. The third-order valence-corrected chi connectivity index (χ3v) is 7.77. The number of carbonyl (C=O) groups is 2. The van der Waals surface area contributed by atoms with Gasteiger partial charge in [0.15, 0.2) is 6.10 Å². The highest BCUT2D eigenvalue weighted by molar-refractivity contribution is 7.67. The molecule has 1 heterocycles. The summed E-state index contributed by atoms with van der Waals surface area (Å²) in [6, 6.07) is 0. The van der Waals surface area contributed by atoms with Crippen LogP contribution in [0.3, 0.4) is 0 Å². The predicted molar refractivity (Wildman–Crippen MR) is 90.8 cm³/mol. The zero-order chi connectivity index (χ0) is 18.9. The van der Waals surface area contributed by atoms with Crippen molar-refractivity contribution in [1.82, 2.24) is 4.67 Å². The van der Waals surface area contributed by atoms with Gasteiger partial charge < -0.3 is 23.3 Å². The van der Waals surface area contributed by atoms with E-state index in [2.05, 4.69) is 0 Å². The van der Waals surface area contributed by atoms with E-state index in [1.54, 1.807) is 18.8 Å². The lowest BCUT2D eigenvalue weighted by molar-refractivity contribution is -0.149. The van der Waals surface area contributed by atoms with E-state index in [1.807, 2.05) is 27.7 Å². The van der Waals surface area contributed by atoms with Gasteiger partial charge in [-0.2, -0.15) is 0 Å². The fourth-order valence-corrected chi connectivity index (χ4v) is 5.73. The second-order valence-electron chi connectivity index (χ2n) is 6.59. The average molecular weight is 365 g/mol. The Hall–Kier alpha value is -0.920. The molecule has 9 heteroatoms. The number of ether oxygens (including phenoxy) is 3. The summed E-state index contributed by atoms with van der Waals surface area (Å²) >= 11 is 0. The van der Waals surface area contributed by atoms with Crippen molar-refractivity contribution < 1.29 is 32.8 Å². The van der Waals surface area contributed by atoms with Gasteiger partial charge in [0.25, 0.3) is 0 Å². The number of nitrogens with zero attached hydrogens (tertiary/aromatic N) is 1. The minimum atomic E-state index is -3.13. The quantitative estimate of drug-likeness (QED) is 0.535. The predicted octanol–water partition coefficient (Wildman–Crippen LogP) is 1.45. The highest BCUT2D eigenvalue weighted by atomic mass is 31.2. The van der Waals surface area contributed by atoms with Crippen molar-refractivity contribution in [3.8, 4) is 0 Å². The van der Waals surface area contributed by atoms with Crippen LogP contribution in [-0.2, 0) is 32.8 Å². The molecule has 1 atom stereocenters. The molecule has 0 aromatic carbocycles. The van der Waals surface area contributed by atoms with E-state index in [9.17, 15) is 9.59 Å². The zero-order valence-corrected chi connectivity index (χ0v) is 16.7. The summed E-state index contributed by atoms with van der Waals surface area (Å²) in [6.07, 6.45) is -1.29. The molecule has 140 valence electrons. The number of hydrogen-bond donors (Lipinski definition) is 0.